The third-order valence-corrected chi connectivity index (χ3v) is 4.48. The number of aryl methyl sites for hydroxylation is 1. The zero-order valence-corrected chi connectivity index (χ0v) is 15.0. The highest BCUT2D eigenvalue weighted by molar-refractivity contribution is 7.15. The van der Waals surface area contributed by atoms with Crippen LogP contribution in [0.25, 0.3) is 0 Å². The van der Waals surface area contributed by atoms with Crippen LogP contribution in [-0.2, 0) is 11.2 Å². The van der Waals surface area contributed by atoms with Crippen LogP contribution in [0.1, 0.15) is 43.3 Å². The quantitative estimate of drug-likeness (QED) is 0.796. The lowest BCUT2D eigenvalue weighted by atomic mass is 9.95. The highest BCUT2D eigenvalue weighted by atomic mass is 35.5. The van der Waals surface area contributed by atoms with E-state index in [1.165, 1.54) is 11.3 Å². The molecule has 0 aliphatic carbocycles. The maximum absolute atomic E-state index is 12.3. The van der Waals surface area contributed by atoms with Gasteiger partial charge in [0.05, 0.1) is 5.92 Å². The molecule has 1 amide bonds. The maximum atomic E-state index is 12.3. The fourth-order valence-electron chi connectivity index (χ4n) is 2.08. The summed E-state index contributed by atoms with van der Waals surface area (Å²) in [4.78, 5) is 12.3. The van der Waals surface area contributed by atoms with Crippen LogP contribution in [0.15, 0.2) is 30.3 Å². The summed E-state index contributed by atoms with van der Waals surface area (Å²) in [5.74, 6) is -0.472. The molecule has 0 fully saturated rings. The molecule has 7 heteroatoms. The molecule has 0 saturated carbocycles. The van der Waals surface area contributed by atoms with Gasteiger partial charge in [0.25, 0.3) is 0 Å². The van der Waals surface area contributed by atoms with Crippen molar-refractivity contribution in [3.8, 4) is 0 Å². The van der Waals surface area contributed by atoms with Crippen molar-refractivity contribution in [2.45, 2.75) is 39.2 Å². The number of benzene rings is 1. The fourth-order valence-corrected chi connectivity index (χ4v) is 2.86. The van der Waals surface area contributed by atoms with Crippen LogP contribution in [0.5, 0.6) is 0 Å². The van der Waals surface area contributed by atoms with Crippen LogP contribution >= 0.6 is 23.7 Å². The van der Waals surface area contributed by atoms with Gasteiger partial charge in [0.15, 0.2) is 0 Å². The van der Waals surface area contributed by atoms with E-state index in [0.717, 1.165) is 29.8 Å². The van der Waals surface area contributed by atoms with Crippen molar-refractivity contribution >= 4 is 34.8 Å². The molecule has 23 heavy (non-hydrogen) atoms. The lowest BCUT2D eigenvalue weighted by molar-refractivity contribution is -0.120. The largest absolute Gasteiger partial charge is 0.323 e. The number of carbonyl (C=O) groups excluding carboxylic acids is 1. The average Bonchev–Trinajstić information content (AvgIpc) is 2.99. The highest BCUT2D eigenvalue weighted by Crippen LogP contribution is 2.22. The fraction of sp³-hybridized carbons (Fsp3) is 0.438. The number of anilines is 1. The summed E-state index contributed by atoms with van der Waals surface area (Å²) in [5, 5.41) is 12.4. The minimum atomic E-state index is -0.342. The van der Waals surface area contributed by atoms with E-state index in [-0.39, 0.29) is 30.3 Å². The van der Waals surface area contributed by atoms with Gasteiger partial charge in [0.2, 0.25) is 11.0 Å². The number of nitrogens with zero attached hydrogens (tertiary/aromatic N) is 2. The molecule has 2 aromatic rings. The van der Waals surface area contributed by atoms with Gasteiger partial charge in [-0.1, -0.05) is 61.9 Å². The van der Waals surface area contributed by atoms with E-state index in [1.807, 2.05) is 37.3 Å². The van der Waals surface area contributed by atoms with E-state index in [4.69, 9.17) is 5.73 Å². The molecule has 0 aliphatic rings. The van der Waals surface area contributed by atoms with Crippen molar-refractivity contribution in [1.82, 2.24) is 10.2 Å². The molecule has 1 aromatic heterocycles. The van der Waals surface area contributed by atoms with Crippen molar-refractivity contribution in [3.05, 3.63) is 40.9 Å². The maximum Gasteiger partial charge on any atom is 0.230 e. The molecule has 1 aromatic carbocycles. The van der Waals surface area contributed by atoms with Gasteiger partial charge < -0.3 is 11.1 Å². The Balaban J connectivity index is 0.00000264. The summed E-state index contributed by atoms with van der Waals surface area (Å²) in [6, 6.07) is 9.30. The lowest BCUT2D eigenvalue weighted by Crippen LogP contribution is -2.30. The third-order valence-electron chi connectivity index (χ3n) is 3.58. The van der Waals surface area contributed by atoms with Gasteiger partial charge in [-0.3, -0.25) is 4.79 Å². The monoisotopic (exact) mass is 354 g/mol. The van der Waals surface area contributed by atoms with Gasteiger partial charge >= 0.3 is 0 Å². The minimum absolute atomic E-state index is 0. The Hall–Kier alpha value is -1.50. The number of hydrogen-bond acceptors (Lipinski definition) is 5. The minimum Gasteiger partial charge on any atom is -0.323 e. The van der Waals surface area contributed by atoms with E-state index in [0.29, 0.717) is 5.13 Å². The van der Waals surface area contributed by atoms with Gasteiger partial charge in [-0.2, -0.15) is 0 Å². The molecule has 2 atom stereocenters. The molecule has 0 aliphatic heterocycles. The van der Waals surface area contributed by atoms with Crippen molar-refractivity contribution in [2.24, 2.45) is 11.7 Å². The second kappa shape index (κ2) is 9.60. The van der Waals surface area contributed by atoms with E-state index < -0.39 is 0 Å². The van der Waals surface area contributed by atoms with Crippen LogP contribution in [0, 0.1) is 5.92 Å². The van der Waals surface area contributed by atoms with Gasteiger partial charge in [-0.15, -0.1) is 22.6 Å². The normalized spacial score (nSPS) is 13.0. The molecule has 126 valence electrons. The first-order chi connectivity index (χ1) is 10.6. The molecule has 0 bridgehead atoms. The summed E-state index contributed by atoms with van der Waals surface area (Å²) in [6.07, 6.45) is 3.10. The Morgan fingerprint density at radius 1 is 1.30 bits per heavy atom. The number of nitrogens with one attached hydrogen (secondary N) is 1. The Morgan fingerprint density at radius 2 is 2.00 bits per heavy atom. The molecule has 2 unspecified atom stereocenters. The van der Waals surface area contributed by atoms with Crippen LogP contribution in [0.2, 0.25) is 0 Å². The summed E-state index contributed by atoms with van der Waals surface area (Å²) >= 11 is 1.43. The predicted octanol–water partition coefficient (Wildman–Crippen LogP) is 3.58. The Kier molecular flexibility index (Phi) is 8.16. The van der Waals surface area contributed by atoms with Crippen LogP contribution < -0.4 is 11.1 Å². The Morgan fingerprint density at radius 3 is 2.65 bits per heavy atom. The van der Waals surface area contributed by atoms with Gasteiger partial charge in [-0.25, -0.2) is 0 Å². The molecule has 0 spiro atoms. The van der Waals surface area contributed by atoms with E-state index in [2.05, 4.69) is 22.4 Å². The summed E-state index contributed by atoms with van der Waals surface area (Å²) < 4.78 is 0. The van der Waals surface area contributed by atoms with Crippen LogP contribution in [-0.4, -0.2) is 16.1 Å². The number of aromatic nitrogens is 2. The molecular weight excluding hydrogens is 332 g/mol. The molecular formula is C16H23ClN4OS. The molecule has 0 saturated heterocycles. The SMILES string of the molecule is CCCCc1nnc(NC(=O)C(C)C(N)c2ccccc2)s1.Cl. The second-order valence-electron chi connectivity index (χ2n) is 5.32. The average molecular weight is 355 g/mol. The second-order valence-corrected chi connectivity index (χ2v) is 6.38. The Labute approximate surface area is 147 Å². The van der Waals surface area contributed by atoms with Crippen molar-refractivity contribution in [1.29, 1.82) is 0 Å². The molecule has 5 nitrogen and oxygen atoms in total. The first kappa shape index (κ1) is 19.5. The smallest absolute Gasteiger partial charge is 0.230 e. The first-order valence-corrected chi connectivity index (χ1v) is 8.37. The number of rotatable bonds is 7. The van der Waals surface area contributed by atoms with Gasteiger partial charge in [0, 0.05) is 12.5 Å². The van der Waals surface area contributed by atoms with Crippen molar-refractivity contribution in [3.63, 3.8) is 0 Å². The summed E-state index contributed by atoms with van der Waals surface area (Å²) in [7, 11) is 0. The third kappa shape index (κ3) is 5.57. The molecule has 0 radical (unpaired) electrons. The predicted molar refractivity (Wildman–Crippen MR) is 96.9 cm³/mol. The molecule has 2 rings (SSSR count). The van der Waals surface area contributed by atoms with Crippen molar-refractivity contribution in [2.75, 3.05) is 5.32 Å². The van der Waals surface area contributed by atoms with E-state index in [1.54, 1.807) is 0 Å². The first-order valence-electron chi connectivity index (χ1n) is 7.55. The number of nitrogens with two attached hydrogens (primary N) is 1. The summed E-state index contributed by atoms with van der Waals surface area (Å²) in [5.41, 5.74) is 7.12. The van der Waals surface area contributed by atoms with Gasteiger partial charge in [0.1, 0.15) is 5.01 Å². The zero-order chi connectivity index (χ0) is 15.9. The van der Waals surface area contributed by atoms with E-state index >= 15 is 0 Å². The molecule has 1 heterocycles. The molecule has 3 N–H and O–H groups in total. The lowest BCUT2D eigenvalue weighted by Gasteiger charge is -2.18. The zero-order valence-electron chi connectivity index (χ0n) is 13.4. The topological polar surface area (TPSA) is 80.9 Å². The van der Waals surface area contributed by atoms with E-state index in [9.17, 15) is 4.79 Å². The van der Waals surface area contributed by atoms with Crippen LogP contribution in [0.4, 0.5) is 5.13 Å². The van der Waals surface area contributed by atoms with Crippen molar-refractivity contribution < 1.29 is 4.79 Å². The number of unbranched alkanes of at least 4 members (excludes halogenated alkanes) is 1. The number of hydrogen-bond donors (Lipinski definition) is 2. The number of halogens is 1. The number of carbonyl (C=O) groups is 1. The van der Waals surface area contributed by atoms with Gasteiger partial charge in [-0.05, 0) is 12.0 Å². The number of amides is 1. The van der Waals surface area contributed by atoms with Crippen LogP contribution in [0.3, 0.4) is 0 Å². The standard InChI is InChI=1S/C16H22N4OS.ClH/c1-3-4-10-13-19-20-16(22-13)18-15(21)11(2)14(17)12-8-6-5-7-9-12;/h5-9,11,14H,3-4,10,17H2,1-2H3,(H,18,20,21);1H. The Bertz CT molecular complexity index is 605. The highest BCUT2D eigenvalue weighted by Gasteiger charge is 2.23. The summed E-state index contributed by atoms with van der Waals surface area (Å²) in [6.45, 7) is 3.96.